The predicted molar refractivity (Wildman–Crippen MR) is 53.1 cm³/mol. The molecule has 1 rings (SSSR count). The summed E-state index contributed by atoms with van der Waals surface area (Å²) in [5, 5.41) is 8.39. The van der Waals surface area contributed by atoms with Crippen molar-refractivity contribution in [2.45, 2.75) is 0 Å². The van der Waals surface area contributed by atoms with Gasteiger partial charge in [-0.3, -0.25) is 4.79 Å². The van der Waals surface area contributed by atoms with Crippen molar-refractivity contribution in [1.82, 2.24) is 0 Å². The Morgan fingerprint density at radius 2 is 2.07 bits per heavy atom. The van der Waals surface area contributed by atoms with E-state index in [-0.39, 0.29) is 10.6 Å². The van der Waals surface area contributed by atoms with E-state index < -0.39 is 17.6 Å². The molecule has 0 aliphatic heterocycles. The van der Waals surface area contributed by atoms with Crippen molar-refractivity contribution in [3.8, 4) is 0 Å². The summed E-state index contributed by atoms with van der Waals surface area (Å²) in [7, 11) is 0. The molecular formula is C10H6ClFO3. The van der Waals surface area contributed by atoms with Gasteiger partial charge in [-0.15, -0.1) is 0 Å². The first-order valence-corrected chi connectivity index (χ1v) is 4.29. The highest BCUT2D eigenvalue weighted by molar-refractivity contribution is 6.38. The summed E-state index contributed by atoms with van der Waals surface area (Å²) >= 11 is 5.64. The van der Waals surface area contributed by atoms with Gasteiger partial charge in [0.05, 0.1) is 5.02 Å². The number of aliphatic carboxylic acids is 1. The molecule has 0 aliphatic rings. The van der Waals surface area contributed by atoms with Gasteiger partial charge in [0, 0.05) is 5.56 Å². The van der Waals surface area contributed by atoms with Crippen LogP contribution >= 0.6 is 11.6 Å². The van der Waals surface area contributed by atoms with E-state index in [1.807, 2.05) is 0 Å². The molecule has 0 fully saturated rings. The third-order valence-corrected chi connectivity index (χ3v) is 1.94. The van der Waals surface area contributed by atoms with Gasteiger partial charge in [-0.1, -0.05) is 17.7 Å². The molecule has 0 atom stereocenters. The summed E-state index contributed by atoms with van der Waals surface area (Å²) < 4.78 is 13.1. The van der Waals surface area contributed by atoms with Gasteiger partial charge in [-0.2, -0.15) is 0 Å². The molecule has 0 radical (unpaired) electrons. The highest BCUT2D eigenvalue weighted by Gasteiger charge is 2.08. The fourth-order valence-electron chi connectivity index (χ4n) is 0.900. The van der Waals surface area contributed by atoms with E-state index in [2.05, 4.69) is 0 Å². The molecule has 5 heteroatoms. The minimum atomic E-state index is -1.60. The van der Waals surface area contributed by atoms with Crippen LogP contribution in [0.4, 0.5) is 4.39 Å². The molecule has 0 aromatic heterocycles. The van der Waals surface area contributed by atoms with Gasteiger partial charge in [0.1, 0.15) is 5.82 Å². The minimum absolute atomic E-state index is 0.00577. The Hall–Kier alpha value is -1.68. The fraction of sp³-hybridized carbons (Fsp3) is 0. The van der Waals surface area contributed by atoms with E-state index in [4.69, 9.17) is 16.7 Å². The molecule has 1 N–H and O–H groups in total. The molecule has 3 nitrogen and oxygen atoms in total. The lowest BCUT2D eigenvalue weighted by Crippen LogP contribution is -2.08. The normalized spacial score (nSPS) is 10.5. The molecule has 0 unspecified atom stereocenters. The number of carbonyl (C=O) groups excluding carboxylic acids is 1. The molecule has 0 amide bonds. The summed E-state index contributed by atoms with van der Waals surface area (Å²) in [6.45, 7) is 0. The molecule has 0 aliphatic carbocycles. The Kier molecular flexibility index (Phi) is 3.57. The second-order valence-electron chi connectivity index (χ2n) is 2.64. The van der Waals surface area contributed by atoms with Crippen molar-refractivity contribution < 1.29 is 19.1 Å². The molecule has 0 saturated carbocycles. The van der Waals surface area contributed by atoms with Gasteiger partial charge in [-0.25, -0.2) is 9.18 Å². The largest absolute Gasteiger partial charge is 0.475 e. The number of carbonyl (C=O) groups is 2. The van der Waals surface area contributed by atoms with Crippen molar-refractivity contribution in [2.75, 3.05) is 0 Å². The summed E-state index contributed by atoms with van der Waals surface area (Å²) in [6, 6.07) is 4.01. The van der Waals surface area contributed by atoms with Crippen molar-refractivity contribution in [1.29, 1.82) is 0 Å². The van der Waals surface area contributed by atoms with Gasteiger partial charge >= 0.3 is 5.97 Å². The Labute approximate surface area is 89.8 Å². The highest BCUT2D eigenvalue weighted by atomic mass is 35.5. The molecule has 1 aromatic rings. The zero-order valence-corrected chi connectivity index (χ0v) is 8.16. The average Bonchev–Trinajstić information content (AvgIpc) is 2.16. The van der Waals surface area contributed by atoms with Gasteiger partial charge in [0.25, 0.3) is 5.78 Å². The third-order valence-electron chi connectivity index (χ3n) is 1.61. The van der Waals surface area contributed by atoms with Crippen LogP contribution in [0, 0.1) is 5.82 Å². The van der Waals surface area contributed by atoms with Crippen molar-refractivity contribution in [3.63, 3.8) is 0 Å². The monoisotopic (exact) mass is 228 g/mol. The molecule has 0 bridgehead atoms. The fourth-order valence-corrected chi connectivity index (χ4v) is 1.13. The number of hydrogen-bond donors (Lipinski definition) is 1. The van der Waals surface area contributed by atoms with Crippen LogP contribution in [0.3, 0.4) is 0 Å². The number of carboxylic acid groups (broad SMARTS) is 1. The van der Waals surface area contributed by atoms with E-state index in [0.29, 0.717) is 0 Å². The minimum Gasteiger partial charge on any atom is -0.475 e. The van der Waals surface area contributed by atoms with Crippen LogP contribution in [0.25, 0.3) is 6.08 Å². The number of halogens is 2. The molecule has 78 valence electrons. The number of benzene rings is 1. The number of ketones is 1. The lowest BCUT2D eigenvalue weighted by atomic mass is 10.2. The zero-order valence-electron chi connectivity index (χ0n) is 7.41. The van der Waals surface area contributed by atoms with Crippen LogP contribution in [-0.4, -0.2) is 16.9 Å². The van der Waals surface area contributed by atoms with Crippen LogP contribution in [0.15, 0.2) is 24.3 Å². The number of carboxylic acids is 1. The summed E-state index contributed by atoms with van der Waals surface area (Å²) in [4.78, 5) is 20.8. The first-order valence-electron chi connectivity index (χ1n) is 3.91. The molecule has 0 saturated heterocycles. The Morgan fingerprint density at radius 3 is 2.60 bits per heavy atom. The van der Waals surface area contributed by atoms with Gasteiger partial charge in [0.2, 0.25) is 0 Å². The van der Waals surface area contributed by atoms with E-state index in [1.54, 1.807) is 0 Å². The molecule has 0 spiro atoms. The second-order valence-corrected chi connectivity index (χ2v) is 3.05. The van der Waals surface area contributed by atoms with E-state index >= 15 is 0 Å². The van der Waals surface area contributed by atoms with Gasteiger partial charge < -0.3 is 5.11 Å². The summed E-state index contributed by atoms with van der Waals surface area (Å²) in [6.07, 6.45) is 1.79. The van der Waals surface area contributed by atoms with Crippen LogP contribution < -0.4 is 0 Å². The Balaban J connectivity index is 2.99. The van der Waals surface area contributed by atoms with E-state index in [1.165, 1.54) is 12.1 Å². The highest BCUT2D eigenvalue weighted by Crippen LogP contribution is 2.20. The van der Waals surface area contributed by atoms with E-state index in [0.717, 1.165) is 18.2 Å². The van der Waals surface area contributed by atoms with E-state index in [9.17, 15) is 14.0 Å². The van der Waals surface area contributed by atoms with Crippen LogP contribution in [0.5, 0.6) is 0 Å². The summed E-state index contributed by atoms with van der Waals surface area (Å²) in [5.74, 6) is -3.34. The first-order chi connectivity index (χ1) is 7.02. The maximum Gasteiger partial charge on any atom is 0.376 e. The molecular weight excluding hydrogens is 223 g/mol. The van der Waals surface area contributed by atoms with Crippen LogP contribution in [0.1, 0.15) is 5.56 Å². The molecule has 0 heterocycles. The predicted octanol–water partition coefficient (Wildman–Crippen LogP) is 2.15. The molecule has 15 heavy (non-hydrogen) atoms. The maximum atomic E-state index is 13.1. The van der Waals surface area contributed by atoms with Gasteiger partial charge in [0.15, 0.2) is 0 Å². The number of rotatable bonds is 3. The quantitative estimate of drug-likeness (QED) is 0.637. The lowest BCUT2D eigenvalue weighted by Gasteiger charge is -1.98. The Bertz CT molecular complexity index is 420. The number of hydrogen-bond acceptors (Lipinski definition) is 2. The van der Waals surface area contributed by atoms with Gasteiger partial charge in [-0.05, 0) is 24.3 Å². The third kappa shape index (κ3) is 2.89. The molecule has 1 aromatic carbocycles. The topological polar surface area (TPSA) is 54.4 Å². The first kappa shape index (κ1) is 11.4. The smallest absolute Gasteiger partial charge is 0.376 e. The standard InChI is InChI=1S/C10H6ClFO3/c11-7-2-1-3-8(12)6(7)4-5-9(13)10(14)15/h1-5H,(H,14,15)/b5-4+. The van der Waals surface area contributed by atoms with Crippen molar-refractivity contribution >= 4 is 29.4 Å². The van der Waals surface area contributed by atoms with Crippen molar-refractivity contribution in [2.24, 2.45) is 0 Å². The SMILES string of the molecule is O=C(O)C(=O)/C=C/c1c(F)cccc1Cl. The zero-order chi connectivity index (χ0) is 11.4. The van der Waals surface area contributed by atoms with Crippen molar-refractivity contribution in [3.05, 3.63) is 40.7 Å². The van der Waals surface area contributed by atoms with Crippen LogP contribution in [0.2, 0.25) is 5.02 Å². The lowest BCUT2D eigenvalue weighted by molar-refractivity contribution is -0.146. The Morgan fingerprint density at radius 1 is 1.40 bits per heavy atom. The maximum absolute atomic E-state index is 13.1. The average molecular weight is 229 g/mol. The summed E-state index contributed by atoms with van der Waals surface area (Å²) in [5.41, 5.74) is -0.00577. The second kappa shape index (κ2) is 4.70. The van der Waals surface area contributed by atoms with Crippen LogP contribution in [-0.2, 0) is 9.59 Å².